The van der Waals surface area contributed by atoms with E-state index in [1.807, 2.05) is 0 Å². The van der Waals surface area contributed by atoms with Crippen LogP contribution in [0.5, 0.6) is 0 Å². The van der Waals surface area contributed by atoms with Crippen LogP contribution >= 0.6 is 0 Å². The van der Waals surface area contributed by atoms with Gasteiger partial charge in [0.1, 0.15) is 6.17 Å². The van der Waals surface area contributed by atoms with E-state index < -0.39 is 6.17 Å². The van der Waals surface area contributed by atoms with Crippen LogP contribution in [0.2, 0.25) is 0 Å². The van der Waals surface area contributed by atoms with Crippen molar-refractivity contribution in [1.82, 2.24) is 4.90 Å². The number of carbonyl (C=O) groups is 1. The van der Waals surface area contributed by atoms with Crippen molar-refractivity contribution in [3.05, 3.63) is 0 Å². The normalized spacial score (nSPS) is 26.9. The van der Waals surface area contributed by atoms with Crippen molar-refractivity contribution >= 4 is 5.91 Å². The van der Waals surface area contributed by atoms with Gasteiger partial charge in [-0.1, -0.05) is 0 Å². The average molecular weight is 131 g/mol. The van der Waals surface area contributed by atoms with Crippen LogP contribution in [0.1, 0.15) is 13.3 Å². The minimum atomic E-state index is -0.783. The fraction of sp³-hybridized carbons (Fsp3) is 0.833. The molecule has 0 saturated carbocycles. The quantitative estimate of drug-likeness (QED) is 0.471. The lowest BCUT2D eigenvalue weighted by molar-refractivity contribution is -0.127. The lowest BCUT2D eigenvalue weighted by Crippen LogP contribution is -2.25. The Balaban J connectivity index is 2.39. The maximum absolute atomic E-state index is 12.3. The van der Waals surface area contributed by atoms with E-state index in [2.05, 4.69) is 0 Å². The van der Waals surface area contributed by atoms with Gasteiger partial charge in [0.15, 0.2) is 0 Å². The molecule has 0 unspecified atom stereocenters. The smallest absolute Gasteiger partial charge is 0.219 e. The molecule has 1 amide bonds. The number of hydrogen-bond donors (Lipinski definition) is 0. The van der Waals surface area contributed by atoms with Gasteiger partial charge in [0.25, 0.3) is 0 Å². The summed E-state index contributed by atoms with van der Waals surface area (Å²) in [5.74, 6) is -0.0184. The summed E-state index contributed by atoms with van der Waals surface area (Å²) < 4.78 is 12.3. The molecule has 0 N–H and O–H groups in total. The fourth-order valence-electron chi connectivity index (χ4n) is 1.00. The van der Waals surface area contributed by atoms with Gasteiger partial charge >= 0.3 is 0 Å². The number of carbonyl (C=O) groups excluding carboxylic acids is 1. The minimum absolute atomic E-state index is 0.0184. The molecular weight excluding hydrogens is 121 g/mol. The van der Waals surface area contributed by atoms with E-state index in [0.717, 1.165) is 0 Å². The number of alkyl halides is 1. The minimum Gasteiger partial charge on any atom is -0.340 e. The Morgan fingerprint density at radius 2 is 2.44 bits per heavy atom. The zero-order valence-electron chi connectivity index (χ0n) is 5.43. The first-order valence-corrected chi connectivity index (χ1v) is 3.09. The van der Waals surface area contributed by atoms with Crippen molar-refractivity contribution in [3.8, 4) is 0 Å². The summed E-state index contributed by atoms with van der Waals surface area (Å²) in [6.07, 6.45) is -0.270. The molecule has 2 nitrogen and oxygen atoms in total. The summed E-state index contributed by atoms with van der Waals surface area (Å²) in [7, 11) is 0. The highest BCUT2D eigenvalue weighted by molar-refractivity contribution is 5.73. The number of amides is 1. The van der Waals surface area contributed by atoms with Crippen molar-refractivity contribution in [1.29, 1.82) is 0 Å². The van der Waals surface area contributed by atoms with Gasteiger partial charge in [-0.15, -0.1) is 0 Å². The molecule has 0 aliphatic carbocycles. The molecule has 9 heavy (non-hydrogen) atoms. The highest BCUT2D eigenvalue weighted by atomic mass is 19.1. The summed E-state index contributed by atoms with van der Waals surface area (Å²) >= 11 is 0. The molecule has 1 heterocycles. The monoisotopic (exact) mass is 131 g/mol. The van der Waals surface area contributed by atoms with Gasteiger partial charge in [0.2, 0.25) is 5.91 Å². The molecule has 1 aliphatic rings. The first kappa shape index (κ1) is 6.52. The summed E-state index contributed by atoms with van der Waals surface area (Å²) in [5, 5.41) is 0. The third kappa shape index (κ3) is 1.40. The fourth-order valence-corrected chi connectivity index (χ4v) is 1.00. The van der Waals surface area contributed by atoms with Crippen molar-refractivity contribution in [3.63, 3.8) is 0 Å². The van der Waals surface area contributed by atoms with E-state index in [-0.39, 0.29) is 5.91 Å². The van der Waals surface area contributed by atoms with Crippen LogP contribution in [-0.2, 0) is 4.79 Å². The molecule has 0 aromatic heterocycles. The SMILES string of the molecule is CC(=O)N1CC[C@@H](F)C1. The molecule has 0 aromatic rings. The third-order valence-corrected chi connectivity index (χ3v) is 1.58. The topological polar surface area (TPSA) is 20.3 Å². The second-order valence-corrected chi connectivity index (χ2v) is 2.35. The standard InChI is InChI=1S/C6H10FNO/c1-5(9)8-3-2-6(7)4-8/h6H,2-4H2,1H3/t6-/m1/s1. The van der Waals surface area contributed by atoms with E-state index >= 15 is 0 Å². The van der Waals surface area contributed by atoms with E-state index in [4.69, 9.17) is 0 Å². The van der Waals surface area contributed by atoms with Gasteiger partial charge in [-0.3, -0.25) is 4.79 Å². The van der Waals surface area contributed by atoms with E-state index in [9.17, 15) is 9.18 Å². The zero-order chi connectivity index (χ0) is 6.85. The van der Waals surface area contributed by atoms with E-state index in [1.165, 1.54) is 11.8 Å². The second kappa shape index (κ2) is 2.33. The van der Waals surface area contributed by atoms with Gasteiger partial charge in [0, 0.05) is 13.5 Å². The second-order valence-electron chi connectivity index (χ2n) is 2.35. The Hall–Kier alpha value is -0.600. The molecule has 0 spiro atoms. The molecule has 1 fully saturated rings. The molecule has 0 radical (unpaired) electrons. The van der Waals surface area contributed by atoms with Crippen LogP contribution in [0.3, 0.4) is 0 Å². The molecule has 1 aliphatic heterocycles. The number of rotatable bonds is 0. The highest BCUT2D eigenvalue weighted by Crippen LogP contribution is 2.11. The van der Waals surface area contributed by atoms with Crippen molar-refractivity contribution in [2.45, 2.75) is 19.5 Å². The first-order valence-electron chi connectivity index (χ1n) is 3.09. The van der Waals surface area contributed by atoms with Crippen LogP contribution in [0.15, 0.2) is 0 Å². The van der Waals surface area contributed by atoms with Crippen molar-refractivity contribution in [2.24, 2.45) is 0 Å². The van der Waals surface area contributed by atoms with Gasteiger partial charge in [-0.05, 0) is 6.42 Å². The predicted molar refractivity (Wildman–Crippen MR) is 31.8 cm³/mol. The van der Waals surface area contributed by atoms with E-state index in [0.29, 0.717) is 19.5 Å². The van der Waals surface area contributed by atoms with Gasteiger partial charge < -0.3 is 4.90 Å². The van der Waals surface area contributed by atoms with Crippen LogP contribution in [0.4, 0.5) is 4.39 Å². The summed E-state index contributed by atoms with van der Waals surface area (Å²) in [6, 6.07) is 0. The Labute approximate surface area is 53.6 Å². The largest absolute Gasteiger partial charge is 0.340 e. The number of nitrogens with zero attached hydrogens (tertiary/aromatic N) is 1. The predicted octanol–water partition coefficient (Wildman–Crippen LogP) is 0.577. The number of likely N-dealkylation sites (tertiary alicyclic amines) is 1. The van der Waals surface area contributed by atoms with Crippen LogP contribution in [-0.4, -0.2) is 30.1 Å². The maximum Gasteiger partial charge on any atom is 0.219 e. The molecular formula is C6H10FNO. The Morgan fingerprint density at radius 1 is 1.78 bits per heavy atom. The lowest BCUT2D eigenvalue weighted by atomic mass is 10.3. The van der Waals surface area contributed by atoms with Crippen LogP contribution in [0, 0.1) is 0 Å². The summed E-state index contributed by atoms with van der Waals surface area (Å²) in [5.41, 5.74) is 0. The molecule has 3 heteroatoms. The number of halogens is 1. The van der Waals surface area contributed by atoms with E-state index in [1.54, 1.807) is 0 Å². The van der Waals surface area contributed by atoms with Gasteiger partial charge in [0.05, 0.1) is 6.54 Å². The Morgan fingerprint density at radius 3 is 2.67 bits per heavy atom. The van der Waals surface area contributed by atoms with Gasteiger partial charge in [-0.2, -0.15) is 0 Å². The Bertz CT molecular complexity index is 126. The highest BCUT2D eigenvalue weighted by Gasteiger charge is 2.22. The lowest BCUT2D eigenvalue weighted by Gasteiger charge is -2.10. The molecule has 0 aromatic carbocycles. The Kier molecular flexibility index (Phi) is 1.69. The first-order chi connectivity index (χ1) is 4.20. The molecule has 52 valence electrons. The zero-order valence-corrected chi connectivity index (χ0v) is 5.43. The van der Waals surface area contributed by atoms with Crippen LogP contribution in [0.25, 0.3) is 0 Å². The summed E-state index contributed by atoms with van der Waals surface area (Å²) in [6.45, 7) is 2.36. The van der Waals surface area contributed by atoms with Crippen molar-refractivity contribution in [2.75, 3.05) is 13.1 Å². The molecule has 1 rings (SSSR count). The molecule has 1 atom stereocenters. The van der Waals surface area contributed by atoms with Gasteiger partial charge in [-0.25, -0.2) is 4.39 Å². The third-order valence-electron chi connectivity index (χ3n) is 1.58. The van der Waals surface area contributed by atoms with Crippen LogP contribution < -0.4 is 0 Å². The molecule has 0 bridgehead atoms. The molecule has 1 saturated heterocycles. The summed E-state index contributed by atoms with van der Waals surface area (Å²) in [4.78, 5) is 12.1. The van der Waals surface area contributed by atoms with Crippen molar-refractivity contribution < 1.29 is 9.18 Å². The maximum atomic E-state index is 12.3. The number of hydrogen-bond acceptors (Lipinski definition) is 1. The average Bonchev–Trinajstić information content (AvgIpc) is 2.14.